The number of carbonyl (C=O) groups is 2. The Morgan fingerprint density at radius 2 is 2.00 bits per heavy atom. The highest BCUT2D eigenvalue weighted by Crippen LogP contribution is 2.21. The van der Waals surface area contributed by atoms with Crippen LogP contribution in [0.15, 0.2) is 36.7 Å². The average molecular weight is 286 g/mol. The molecule has 0 bridgehead atoms. The third-order valence-corrected chi connectivity index (χ3v) is 2.98. The van der Waals surface area contributed by atoms with Crippen molar-refractivity contribution in [1.29, 1.82) is 0 Å². The molecule has 2 aromatic rings. The molecule has 0 spiro atoms. The molecule has 21 heavy (non-hydrogen) atoms. The summed E-state index contributed by atoms with van der Waals surface area (Å²) in [6.45, 7) is 1.11. The van der Waals surface area contributed by atoms with Gasteiger partial charge in [-0.1, -0.05) is 12.1 Å². The highest BCUT2D eigenvalue weighted by atomic mass is 16.2. The van der Waals surface area contributed by atoms with Crippen molar-refractivity contribution in [1.82, 2.24) is 15.2 Å². The molecule has 0 saturated heterocycles. The maximum absolute atomic E-state index is 11.9. The van der Waals surface area contributed by atoms with E-state index < -0.39 is 11.8 Å². The highest BCUT2D eigenvalue weighted by molar-refractivity contribution is 6.40. The van der Waals surface area contributed by atoms with Crippen LogP contribution in [0.4, 0.5) is 5.69 Å². The summed E-state index contributed by atoms with van der Waals surface area (Å²) in [6, 6.07) is 7.26. The number of fused-ring (bicyclic) bond motifs is 1. The van der Waals surface area contributed by atoms with Crippen LogP contribution in [0.25, 0.3) is 10.8 Å². The molecule has 110 valence electrons. The zero-order valence-electron chi connectivity index (χ0n) is 12.1. The van der Waals surface area contributed by atoms with Crippen molar-refractivity contribution in [2.75, 3.05) is 32.5 Å². The lowest BCUT2D eigenvalue weighted by molar-refractivity contribution is -0.136. The zero-order chi connectivity index (χ0) is 15.2. The van der Waals surface area contributed by atoms with Gasteiger partial charge in [0, 0.05) is 41.9 Å². The minimum Gasteiger partial charge on any atom is -0.347 e. The highest BCUT2D eigenvalue weighted by Gasteiger charge is 2.14. The molecule has 2 N–H and O–H groups in total. The molecule has 1 aromatic carbocycles. The molecule has 1 aromatic heterocycles. The fourth-order valence-corrected chi connectivity index (χ4v) is 1.88. The van der Waals surface area contributed by atoms with E-state index in [0.29, 0.717) is 18.8 Å². The van der Waals surface area contributed by atoms with E-state index in [1.807, 2.05) is 31.1 Å². The van der Waals surface area contributed by atoms with Crippen LogP contribution < -0.4 is 10.6 Å². The number of benzene rings is 1. The predicted octanol–water partition coefficient (Wildman–Crippen LogP) is 0.851. The van der Waals surface area contributed by atoms with Crippen molar-refractivity contribution in [3.63, 3.8) is 0 Å². The number of hydrogen-bond donors (Lipinski definition) is 2. The van der Waals surface area contributed by atoms with Gasteiger partial charge in [0.05, 0.1) is 0 Å². The van der Waals surface area contributed by atoms with Gasteiger partial charge in [-0.05, 0) is 26.2 Å². The van der Waals surface area contributed by atoms with E-state index in [1.54, 1.807) is 24.5 Å². The van der Waals surface area contributed by atoms with Crippen molar-refractivity contribution in [3.8, 4) is 0 Å². The smallest absolute Gasteiger partial charge is 0.313 e. The second-order valence-electron chi connectivity index (χ2n) is 4.92. The minimum atomic E-state index is -0.668. The molecular formula is C15H18N4O2. The molecular weight excluding hydrogens is 268 g/mol. The van der Waals surface area contributed by atoms with Crippen LogP contribution >= 0.6 is 0 Å². The number of amides is 2. The molecule has 2 amide bonds. The topological polar surface area (TPSA) is 74.3 Å². The van der Waals surface area contributed by atoms with Gasteiger partial charge in [-0.2, -0.15) is 0 Å². The van der Waals surface area contributed by atoms with Gasteiger partial charge in [0.2, 0.25) is 0 Å². The van der Waals surface area contributed by atoms with Crippen LogP contribution in [0.1, 0.15) is 0 Å². The molecule has 0 aliphatic carbocycles. The number of rotatable bonds is 4. The number of nitrogens with one attached hydrogen (secondary N) is 2. The first kappa shape index (κ1) is 14.9. The predicted molar refractivity (Wildman–Crippen MR) is 81.9 cm³/mol. The number of likely N-dealkylation sites (N-methyl/N-ethyl adjacent to an activating group) is 1. The van der Waals surface area contributed by atoms with Gasteiger partial charge in [0.1, 0.15) is 0 Å². The minimum absolute atomic E-state index is 0.429. The Bertz CT molecular complexity index is 650. The number of hydrogen-bond acceptors (Lipinski definition) is 4. The lowest BCUT2D eigenvalue weighted by atomic mass is 10.1. The van der Waals surface area contributed by atoms with Gasteiger partial charge in [-0.15, -0.1) is 0 Å². The number of aromatic nitrogens is 1. The van der Waals surface area contributed by atoms with Crippen molar-refractivity contribution in [3.05, 3.63) is 36.7 Å². The Balaban J connectivity index is 2.03. The van der Waals surface area contributed by atoms with Crippen molar-refractivity contribution in [2.45, 2.75) is 0 Å². The summed E-state index contributed by atoms with van der Waals surface area (Å²) in [7, 11) is 3.80. The van der Waals surface area contributed by atoms with E-state index in [2.05, 4.69) is 15.6 Å². The second-order valence-corrected chi connectivity index (χ2v) is 4.92. The van der Waals surface area contributed by atoms with E-state index in [-0.39, 0.29) is 0 Å². The molecule has 1 heterocycles. The Labute approximate surface area is 123 Å². The second kappa shape index (κ2) is 6.81. The molecule has 0 atom stereocenters. The van der Waals surface area contributed by atoms with E-state index in [9.17, 15) is 9.59 Å². The number of pyridine rings is 1. The van der Waals surface area contributed by atoms with Crippen LogP contribution in [0, 0.1) is 0 Å². The van der Waals surface area contributed by atoms with Crippen molar-refractivity contribution >= 4 is 28.3 Å². The molecule has 6 nitrogen and oxygen atoms in total. The standard InChI is InChI=1S/C15H18N4O2/c1-19(2)9-8-17-14(20)15(21)18-13-5-3-4-11-10-16-7-6-12(11)13/h3-7,10H,8-9H2,1-2H3,(H,17,20)(H,18,21). The summed E-state index contributed by atoms with van der Waals surface area (Å²) >= 11 is 0. The number of nitrogens with zero attached hydrogens (tertiary/aromatic N) is 2. The summed E-state index contributed by atoms with van der Waals surface area (Å²) in [6.07, 6.45) is 3.36. The first-order valence-electron chi connectivity index (χ1n) is 6.64. The zero-order valence-corrected chi connectivity index (χ0v) is 12.1. The SMILES string of the molecule is CN(C)CCNC(=O)C(=O)Nc1cccc2cnccc12. The normalized spacial score (nSPS) is 10.6. The molecule has 0 fully saturated rings. The fraction of sp³-hybridized carbons (Fsp3) is 0.267. The summed E-state index contributed by atoms with van der Waals surface area (Å²) in [5.41, 5.74) is 0.600. The molecule has 0 unspecified atom stereocenters. The number of carbonyl (C=O) groups excluding carboxylic acids is 2. The fourth-order valence-electron chi connectivity index (χ4n) is 1.88. The van der Waals surface area contributed by atoms with Gasteiger partial charge in [0.25, 0.3) is 0 Å². The Kier molecular flexibility index (Phi) is 4.84. The summed E-state index contributed by atoms with van der Waals surface area (Å²) < 4.78 is 0. The van der Waals surface area contributed by atoms with Gasteiger partial charge in [0.15, 0.2) is 0 Å². The summed E-state index contributed by atoms with van der Waals surface area (Å²) in [4.78, 5) is 29.5. The van der Waals surface area contributed by atoms with E-state index in [4.69, 9.17) is 0 Å². The van der Waals surface area contributed by atoms with Crippen LogP contribution in [-0.2, 0) is 9.59 Å². The molecule has 2 rings (SSSR count). The maximum atomic E-state index is 11.9. The summed E-state index contributed by atoms with van der Waals surface area (Å²) in [5, 5.41) is 6.96. The largest absolute Gasteiger partial charge is 0.347 e. The van der Waals surface area contributed by atoms with Crippen molar-refractivity contribution in [2.24, 2.45) is 0 Å². The van der Waals surface area contributed by atoms with Gasteiger partial charge in [-0.3, -0.25) is 14.6 Å². The van der Waals surface area contributed by atoms with Crippen LogP contribution in [0.5, 0.6) is 0 Å². The quantitative estimate of drug-likeness (QED) is 0.817. The summed E-state index contributed by atoms with van der Waals surface area (Å²) in [5.74, 6) is -1.30. The van der Waals surface area contributed by atoms with Crippen molar-refractivity contribution < 1.29 is 9.59 Å². The molecule has 0 saturated carbocycles. The Morgan fingerprint density at radius 1 is 1.19 bits per heavy atom. The molecule has 0 radical (unpaired) electrons. The monoisotopic (exact) mass is 286 g/mol. The van der Waals surface area contributed by atoms with Gasteiger partial charge >= 0.3 is 11.8 Å². The number of anilines is 1. The first-order chi connectivity index (χ1) is 10.1. The van der Waals surface area contributed by atoms with Crippen LogP contribution in [0.2, 0.25) is 0 Å². The van der Waals surface area contributed by atoms with Crippen LogP contribution in [0.3, 0.4) is 0 Å². The Hall–Kier alpha value is -2.47. The van der Waals surface area contributed by atoms with Crippen LogP contribution in [-0.4, -0.2) is 48.9 Å². The van der Waals surface area contributed by atoms with E-state index in [0.717, 1.165) is 10.8 Å². The van der Waals surface area contributed by atoms with Gasteiger partial charge < -0.3 is 15.5 Å². The van der Waals surface area contributed by atoms with E-state index in [1.165, 1.54) is 0 Å². The lowest BCUT2D eigenvalue weighted by Gasteiger charge is -2.11. The lowest BCUT2D eigenvalue weighted by Crippen LogP contribution is -2.38. The first-order valence-corrected chi connectivity index (χ1v) is 6.64. The Morgan fingerprint density at radius 3 is 2.76 bits per heavy atom. The maximum Gasteiger partial charge on any atom is 0.313 e. The third kappa shape index (κ3) is 4.00. The third-order valence-electron chi connectivity index (χ3n) is 2.98. The van der Waals surface area contributed by atoms with Gasteiger partial charge in [-0.25, -0.2) is 0 Å². The molecule has 0 aliphatic heterocycles. The van der Waals surface area contributed by atoms with E-state index >= 15 is 0 Å². The average Bonchev–Trinajstić information content (AvgIpc) is 2.47. The molecule has 0 aliphatic rings. The molecule has 6 heteroatoms.